The highest BCUT2D eigenvalue weighted by Gasteiger charge is 2.67. The Morgan fingerprint density at radius 1 is 0.344 bits per heavy atom. The number of fused-ring (bicyclic) bond motifs is 4. The Morgan fingerprint density at radius 3 is 1.07 bits per heavy atom. The second-order valence-electron chi connectivity index (χ2n) is 45.7. The Hall–Kier alpha value is -5.53. The van der Waals surface area contributed by atoms with E-state index < -0.39 is 0 Å². The molecule has 0 aromatic carbocycles. The van der Waals surface area contributed by atoms with Crippen LogP contribution in [0.2, 0.25) is 0 Å². The molecule has 684 valence electrons. The lowest BCUT2D eigenvalue weighted by Crippen LogP contribution is -2.58. The van der Waals surface area contributed by atoms with Gasteiger partial charge in [-0.3, -0.25) is 0 Å². The summed E-state index contributed by atoms with van der Waals surface area (Å²) >= 11 is 0. The van der Waals surface area contributed by atoms with Crippen molar-refractivity contribution in [3.63, 3.8) is 0 Å². The molecule has 20 fully saturated rings. The number of unbranched alkanes of at least 4 members (excludes halogenated alkanes) is 1. The Labute approximate surface area is 739 Å². The molecule has 12 bridgehead atoms. The topological polar surface area (TPSA) is 184 Å². The average molecular weight is 1690 g/mol. The first-order chi connectivity index (χ1) is 57.6. The van der Waals surface area contributed by atoms with Crippen molar-refractivity contribution in [1.29, 1.82) is 0 Å². The molecule has 20 rings (SSSR count). The molecular formula is C108H168O14. The minimum absolute atomic E-state index is 0.210. The van der Waals surface area contributed by atoms with Crippen LogP contribution in [0.4, 0.5) is 0 Å². The van der Waals surface area contributed by atoms with Crippen LogP contribution in [0.15, 0.2) is 87.1 Å². The molecule has 0 aliphatic heterocycles. The summed E-state index contributed by atoms with van der Waals surface area (Å²) in [6.45, 7) is 51.6. The lowest BCUT2D eigenvalue weighted by atomic mass is 9.45. The van der Waals surface area contributed by atoms with Gasteiger partial charge in [-0.25, -0.2) is 33.6 Å². The van der Waals surface area contributed by atoms with Crippen molar-refractivity contribution in [2.75, 3.05) is 0 Å². The van der Waals surface area contributed by atoms with Crippen LogP contribution in [0.3, 0.4) is 0 Å². The molecule has 20 aliphatic rings. The van der Waals surface area contributed by atoms with Crippen molar-refractivity contribution < 1.29 is 66.7 Å². The van der Waals surface area contributed by atoms with E-state index in [0.29, 0.717) is 28.6 Å². The fourth-order valence-electron chi connectivity index (χ4n) is 30.6. The molecule has 0 radical (unpaired) electrons. The van der Waals surface area contributed by atoms with Crippen LogP contribution < -0.4 is 0 Å². The standard InChI is InChI=1S/C19H30O2.C16H24O2.C15H22O2.2C15H24O2.2C14H22O2/c1-4-6-7-18(3,21-17(20)5-2)19-11-14-8-15(12-19)10-16(9-14)13-19;1-10(2)14(17)18-15(3,4)16-8-11-5-12(9-16)7-13(16)6-11;1-4-13(16)17-14(2,3)15-8-10-5-11(9-15)7-12(15)6-10;1-11(2)14(16)17-15(3)10-6-8-12-7-4-5-9-13(12)15;1-11(2)14(16)17-15(3)9-8-12-6-4-5-7-13(12)10-15;1-3-13(15)16-14(2)10-6-8-11-7-4-5-9-12(11)14;1-3-13(15)16-14(2)9-8-11-6-4-5-7-12(11)10-14/h5,14-16H,2,4,6-13H2,1,3H3;11-13H,1,5-9H2,2-4H3;4,10-12H,1,5-9H2,2-3H3;2*12-13H,1,4-10H2,2-3H3;2*3,11-12H,1,4-10H2,2H3. The van der Waals surface area contributed by atoms with E-state index in [0.717, 1.165) is 147 Å². The van der Waals surface area contributed by atoms with Crippen LogP contribution >= 0.6 is 0 Å². The largest absolute Gasteiger partial charge is 0.456 e. The Morgan fingerprint density at radius 2 is 0.672 bits per heavy atom. The number of hydrogen-bond donors (Lipinski definition) is 0. The molecule has 14 heteroatoms. The van der Waals surface area contributed by atoms with E-state index in [1.807, 2.05) is 0 Å². The summed E-state index contributed by atoms with van der Waals surface area (Å²) in [5.74, 6) is 12.2. The van der Waals surface area contributed by atoms with Gasteiger partial charge in [0.05, 0.1) is 0 Å². The van der Waals surface area contributed by atoms with Crippen LogP contribution in [-0.2, 0) is 66.7 Å². The highest BCUT2D eigenvalue weighted by atomic mass is 16.6. The van der Waals surface area contributed by atoms with Gasteiger partial charge in [-0.2, -0.15) is 0 Å². The second kappa shape index (κ2) is 40.4. The van der Waals surface area contributed by atoms with Crippen molar-refractivity contribution >= 4 is 41.8 Å². The molecule has 0 heterocycles. The third-order valence-electron chi connectivity index (χ3n) is 36.1. The lowest BCUT2D eigenvalue weighted by Gasteiger charge is -2.62. The highest BCUT2D eigenvalue weighted by molar-refractivity contribution is 5.88. The average Bonchev–Trinajstić information content (AvgIpc) is 1.65. The summed E-state index contributed by atoms with van der Waals surface area (Å²) in [7, 11) is 0. The zero-order valence-corrected chi connectivity index (χ0v) is 79.0. The molecule has 122 heavy (non-hydrogen) atoms. The highest BCUT2D eigenvalue weighted by Crippen LogP contribution is 2.72. The van der Waals surface area contributed by atoms with Gasteiger partial charge in [0.25, 0.3) is 0 Å². The SMILES string of the molecule is C=C(C)C(=O)OC(C)(C)C12CC3CC(CC1C3)C2.C=C(C)C(=O)OC1(C)CCC2CCCCC2C1.C=C(C)C(=O)OC1(C)CCCC2CCCCC21.C=CC(=O)OC(C)(C)C12CC3CC(CC1C3)C2.C=CC(=O)OC(C)(CCCC)C12CC3CC(CC(C3)C1)C2.C=CC(=O)OC1(C)CCC2CCCCC2C1.C=CC(=O)OC1(C)CCCC2CCCCC21. The monoisotopic (exact) mass is 1690 g/mol. The molecule has 17 unspecified atom stereocenters. The predicted molar refractivity (Wildman–Crippen MR) is 487 cm³/mol. The number of hydrogen-bond acceptors (Lipinski definition) is 14. The molecule has 14 nitrogen and oxygen atoms in total. The third kappa shape index (κ3) is 22.4. The van der Waals surface area contributed by atoms with Crippen LogP contribution in [0.1, 0.15) is 392 Å². The summed E-state index contributed by atoms with van der Waals surface area (Å²) in [5, 5.41) is 0. The fourth-order valence-corrected chi connectivity index (χ4v) is 30.6. The summed E-state index contributed by atoms with van der Waals surface area (Å²) in [4.78, 5) is 81.5. The number of carbonyl (C=O) groups excluding carboxylic acids is 7. The number of ether oxygens (including phenoxy) is 7. The van der Waals surface area contributed by atoms with Crippen LogP contribution in [0, 0.1) is 117 Å². The minimum atomic E-state index is -0.336. The lowest BCUT2D eigenvalue weighted by molar-refractivity contribution is -0.202. The molecule has 0 aromatic heterocycles. The maximum Gasteiger partial charge on any atom is 0.333 e. The zero-order chi connectivity index (χ0) is 88.6. The summed E-state index contributed by atoms with van der Waals surface area (Å²) in [6, 6.07) is 0. The van der Waals surface area contributed by atoms with Gasteiger partial charge in [0, 0.05) is 69.1 Å². The molecule has 0 aromatic rings. The van der Waals surface area contributed by atoms with Gasteiger partial charge in [-0.1, -0.05) is 149 Å². The molecule has 0 saturated heterocycles. The van der Waals surface area contributed by atoms with Crippen molar-refractivity contribution in [2.24, 2.45) is 117 Å². The van der Waals surface area contributed by atoms with Gasteiger partial charge in [-0.15, -0.1) is 0 Å². The van der Waals surface area contributed by atoms with Gasteiger partial charge in [-0.05, 0) is 377 Å². The normalized spacial score (nSPS) is 39.3. The van der Waals surface area contributed by atoms with Crippen molar-refractivity contribution in [2.45, 2.75) is 431 Å². The number of carbonyl (C=O) groups is 7. The first-order valence-electron chi connectivity index (χ1n) is 49.7. The fraction of sp³-hybridized carbons (Fsp3) is 0.806. The van der Waals surface area contributed by atoms with E-state index >= 15 is 0 Å². The number of rotatable bonds is 20. The van der Waals surface area contributed by atoms with Gasteiger partial charge in [0.15, 0.2) is 0 Å². The molecule has 0 N–H and O–H groups in total. The van der Waals surface area contributed by atoms with Gasteiger partial charge in [0.1, 0.15) is 39.2 Å². The maximum atomic E-state index is 11.9. The van der Waals surface area contributed by atoms with Crippen LogP contribution in [0.5, 0.6) is 0 Å². The van der Waals surface area contributed by atoms with Crippen LogP contribution in [0.25, 0.3) is 0 Å². The van der Waals surface area contributed by atoms with Gasteiger partial charge in [0.2, 0.25) is 0 Å². The van der Waals surface area contributed by atoms with Crippen LogP contribution in [-0.4, -0.2) is 81.0 Å². The van der Waals surface area contributed by atoms with E-state index in [4.69, 9.17) is 33.2 Å². The van der Waals surface area contributed by atoms with Gasteiger partial charge < -0.3 is 33.2 Å². The van der Waals surface area contributed by atoms with E-state index in [1.54, 1.807) is 20.8 Å². The van der Waals surface area contributed by atoms with E-state index in [-0.39, 0.29) is 97.2 Å². The van der Waals surface area contributed by atoms with Gasteiger partial charge >= 0.3 is 41.8 Å². The predicted octanol–water partition coefficient (Wildman–Crippen LogP) is 26.6. The Bertz CT molecular complexity index is 3670. The molecule has 20 saturated carbocycles. The smallest absolute Gasteiger partial charge is 0.333 e. The van der Waals surface area contributed by atoms with Crippen molar-refractivity contribution in [1.82, 2.24) is 0 Å². The minimum Gasteiger partial charge on any atom is -0.456 e. The maximum absolute atomic E-state index is 11.9. The summed E-state index contributed by atoms with van der Waals surface area (Å²) in [5.41, 5.74) is 0.417. The Kier molecular flexibility index (Phi) is 32.2. The second-order valence-corrected chi connectivity index (χ2v) is 45.7. The number of esters is 7. The molecule has 0 spiro atoms. The quantitative estimate of drug-likeness (QED) is 0.0637. The summed E-state index contributed by atoms with van der Waals surface area (Å²) in [6.07, 6.45) is 65.0. The molecule has 20 aliphatic carbocycles. The van der Waals surface area contributed by atoms with Crippen molar-refractivity contribution in [3.8, 4) is 0 Å². The van der Waals surface area contributed by atoms with E-state index in [1.165, 1.54) is 268 Å². The molecule has 0 amide bonds. The van der Waals surface area contributed by atoms with Crippen molar-refractivity contribution in [3.05, 3.63) is 87.1 Å². The first kappa shape index (κ1) is 97.1. The molecule has 17 atom stereocenters. The third-order valence-corrected chi connectivity index (χ3v) is 36.1. The first-order valence-corrected chi connectivity index (χ1v) is 49.7. The molecular weight excluding hydrogens is 1520 g/mol. The van der Waals surface area contributed by atoms with E-state index in [2.05, 4.69) is 115 Å². The Balaban J connectivity index is 0.000000139. The summed E-state index contributed by atoms with van der Waals surface area (Å²) < 4.78 is 40.1. The van der Waals surface area contributed by atoms with E-state index in [9.17, 15) is 33.6 Å². The zero-order valence-electron chi connectivity index (χ0n) is 79.0.